The Morgan fingerprint density at radius 1 is 1.13 bits per heavy atom. The minimum absolute atomic E-state index is 0.923. The van der Waals surface area contributed by atoms with Crippen LogP contribution in [0.5, 0.6) is 0 Å². The molecule has 0 saturated carbocycles. The molecule has 0 aromatic heterocycles. The molecule has 0 spiro atoms. The molecule has 1 atom stereocenters. The molecule has 0 amide bonds. The third-order valence-electron chi connectivity index (χ3n) is 2.65. The molecule has 0 aromatic rings. The molecular weight excluding hydrogens is 200 g/mol. The molecule has 0 aliphatic rings. The quantitative estimate of drug-likeness (QED) is 0.354. The van der Waals surface area contributed by atoms with Gasteiger partial charge in [0.1, 0.15) is 0 Å². The van der Waals surface area contributed by atoms with Gasteiger partial charge in [0.05, 0.1) is 0 Å². The van der Waals surface area contributed by atoms with E-state index in [2.05, 4.69) is 44.7 Å². The number of rotatable bonds is 10. The minimum Gasteiger partial charge on any atom is -0.159 e. The van der Waals surface area contributed by atoms with Crippen LogP contribution in [-0.4, -0.2) is 11.0 Å². The Kier molecular flexibility index (Phi) is 12.2. The fraction of sp³-hybridized carbons (Fsp3) is 0.857. The zero-order valence-corrected chi connectivity index (χ0v) is 11.6. The highest BCUT2D eigenvalue weighted by Crippen LogP contribution is 2.21. The highest BCUT2D eigenvalue weighted by molar-refractivity contribution is 7.99. The van der Waals surface area contributed by atoms with Crippen molar-refractivity contribution in [3.8, 4) is 0 Å². The number of hydrogen-bond acceptors (Lipinski definition) is 1. The Bertz CT molecular complexity index is 140. The fourth-order valence-electron chi connectivity index (χ4n) is 1.67. The molecule has 90 valence electrons. The molecule has 0 rings (SSSR count). The highest BCUT2D eigenvalue weighted by atomic mass is 32.2. The van der Waals surface area contributed by atoms with Crippen molar-refractivity contribution in [1.82, 2.24) is 0 Å². The topological polar surface area (TPSA) is 0 Å². The number of hydrogen-bond donors (Lipinski definition) is 0. The standard InChI is InChI=1S/C14H28S/c1-4-7-8-9-10-11-12-14(6-3)15-13-5-2/h4,7,14H,5-6,8-13H2,1-3H3/b7-4+. The van der Waals surface area contributed by atoms with Crippen LogP contribution in [0, 0.1) is 0 Å². The Hall–Kier alpha value is 0.0900. The van der Waals surface area contributed by atoms with Gasteiger partial charge < -0.3 is 0 Å². The Morgan fingerprint density at radius 2 is 1.93 bits per heavy atom. The van der Waals surface area contributed by atoms with Crippen LogP contribution in [0.3, 0.4) is 0 Å². The van der Waals surface area contributed by atoms with Gasteiger partial charge in [-0.1, -0.05) is 38.8 Å². The van der Waals surface area contributed by atoms with Crippen LogP contribution < -0.4 is 0 Å². The summed E-state index contributed by atoms with van der Waals surface area (Å²) in [7, 11) is 0. The lowest BCUT2D eigenvalue weighted by molar-refractivity contribution is 0.620. The van der Waals surface area contributed by atoms with Crippen molar-refractivity contribution in [2.24, 2.45) is 0 Å². The van der Waals surface area contributed by atoms with E-state index in [0.717, 1.165) is 5.25 Å². The summed E-state index contributed by atoms with van der Waals surface area (Å²) in [4.78, 5) is 0. The lowest BCUT2D eigenvalue weighted by Crippen LogP contribution is -2.01. The lowest BCUT2D eigenvalue weighted by Gasteiger charge is -2.13. The van der Waals surface area contributed by atoms with Crippen molar-refractivity contribution < 1.29 is 0 Å². The normalized spacial score (nSPS) is 13.5. The van der Waals surface area contributed by atoms with Gasteiger partial charge in [-0.3, -0.25) is 0 Å². The average Bonchev–Trinajstić information content (AvgIpc) is 2.27. The molecule has 0 nitrogen and oxygen atoms in total. The van der Waals surface area contributed by atoms with E-state index in [4.69, 9.17) is 0 Å². The van der Waals surface area contributed by atoms with Gasteiger partial charge in [0.15, 0.2) is 0 Å². The van der Waals surface area contributed by atoms with E-state index in [1.807, 2.05) is 0 Å². The summed E-state index contributed by atoms with van der Waals surface area (Å²) in [5, 5.41) is 0.923. The predicted octanol–water partition coefficient (Wildman–Crippen LogP) is 5.43. The van der Waals surface area contributed by atoms with E-state index < -0.39 is 0 Å². The largest absolute Gasteiger partial charge is 0.159 e. The Balaban J connectivity index is 3.29. The van der Waals surface area contributed by atoms with Gasteiger partial charge in [-0.25, -0.2) is 0 Å². The number of allylic oxidation sites excluding steroid dienone is 2. The van der Waals surface area contributed by atoms with Gasteiger partial charge in [-0.15, -0.1) is 0 Å². The van der Waals surface area contributed by atoms with E-state index >= 15 is 0 Å². The first kappa shape index (κ1) is 15.1. The third kappa shape index (κ3) is 10.4. The van der Waals surface area contributed by atoms with E-state index in [-0.39, 0.29) is 0 Å². The zero-order valence-electron chi connectivity index (χ0n) is 10.8. The predicted molar refractivity (Wildman–Crippen MR) is 74.7 cm³/mol. The smallest absolute Gasteiger partial charge is 0.00444 e. The van der Waals surface area contributed by atoms with Crippen molar-refractivity contribution in [3.63, 3.8) is 0 Å². The van der Waals surface area contributed by atoms with Gasteiger partial charge in [-0.05, 0) is 44.8 Å². The molecule has 0 N–H and O–H groups in total. The highest BCUT2D eigenvalue weighted by Gasteiger charge is 2.04. The second-order valence-corrected chi connectivity index (χ2v) is 5.52. The molecule has 0 aliphatic carbocycles. The van der Waals surface area contributed by atoms with Crippen molar-refractivity contribution in [3.05, 3.63) is 12.2 Å². The van der Waals surface area contributed by atoms with Gasteiger partial charge in [0, 0.05) is 5.25 Å². The maximum atomic E-state index is 2.33. The summed E-state index contributed by atoms with van der Waals surface area (Å²) in [5.74, 6) is 1.34. The van der Waals surface area contributed by atoms with Crippen LogP contribution in [0.4, 0.5) is 0 Å². The monoisotopic (exact) mass is 228 g/mol. The van der Waals surface area contributed by atoms with E-state index in [1.165, 1.54) is 50.7 Å². The van der Waals surface area contributed by atoms with E-state index in [1.54, 1.807) is 0 Å². The number of thioether (sulfide) groups is 1. The first-order valence-corrected chi connectivity index (χ1v) is 7.62. The summed E-state index contributed by atoms with van der Waals surface area (Å²) in [5.41, 5.74) is 0. The van der Waals surface area contributed by atoms with Crippen LogP contribution >= 0.6 is 11.8 Å². The van der Waals surface area contributed by atoms with Crippen LogP contribution in [-0.2, 0) is 0 Å². The molecule has 1 unspecified atom stereocenters. The van der Waals surface area contributed by atoms with Crippen LogP contribution in [0.25, 0.3) is 0 Å². The minimum atomic E-state index is 0.923. The zero-order chi connectivity index (χ0) is 11.4. The molecule has 0 bridgehead atoms. The molecule has 0 heterocycles. The van der Waals surface area contributed by atoms with Crippen LogP contribution in [0.15, 0.2) is 12.2 Å². The SMILES string of the molecule is C/C=C/CCCCCC(CC)SCCC. The summed E-state index contributed by atoms with van der Waals surface area (Å²) >= 11 is 2.18. The lowest BCUT2D eigenvalue weighted by atomic mass is 10.1. The molecule has 0 aromatic carbocycles. The third-order valence-corrected chi connectivity index (χ3v) is 4.33. The second-order valence-electron chi connectivity index (χ2n) is 4.11. The maximum absolute atomic E-state index is 2.33. The van der Waals surface area contributed by atoms with Crippen molar-refractivity contribution in [2.45, 2.75) is 71.0 Å². The summed E-state index contributed by atoms with van der Waals surface area (Å²) in [6, 6.07) is 0. The average molecular weight is 228 g/mol. The molecular formula is C14H28S. The van der Waals surface area contributed by atoms with Gasteiger partial charge >= 0.3 is 0 Å². The molecule has 0 saturated heterocycles. The second kappa shape index (κ2) is 12.2. The van der Waals surface area contributed by atoms with Gasteiger partial charge in [0.2, 0.25) is 0 Å². The molecule has 0 aliphatic heterocycles. The van der Waals surface area contributed by atoms with Crippen molar-refractivity contribution in [2.75, 3.05) is 5.75 Å². The van der Waals surface area contributed by atoms with E-state index in [0.29, 0.717) is 0 Å². The van der Waals surface area contributed by atoms with Gasteiger partial charge in [0.25, 0.3) is 0 Å². The summed E-state index contributed by atoms with van der Waals surface area (Å²) < 4.78 is 0. The molecule has 1 heteroatoms. The first-order chi connectivity index (χ1) is 7.35. The first-order valence-electron chi connectivity index (χ1n) is 6.57. The molecule has 0 radical (unpaired) electrons. The Labute approximate surface area is 101 Å². The maximum Gasteiger partial charge on any atom is 0.00444 e. The fourth-order valence-corrected chi connectivity index (χ4v) is 2.81. The van der Waals surface area contributed by atoms with Crippen LogP contribution in [0.1, 0.15) is 65.7 Å². The molecule has 0 fully saturated rings. The summed E-state index contributed by atoms with van der Waals surface area (Å²) in [6.45, 7) is 6.71. The Morgan fingerprint density at radius 3 is 2.53 bits per heavy atom. The van der Waals surface area contributed by atoms with Crippen molar-refractivity contribution >= 4 is 11.8 Å². The number of unbranched alkanes of at least 4 members (excludes halogenated alkanes) is 3. The summed E-state index contributed by atoms with van der Waals surface area (Å²) in [6.07, 6.45) is 14.0. The van der Waals surface area contributed by atoms with Gasteiger partial charge in [-0.2, -0.15) is 11.8 Å². The van der Waals surface area contributed by atoms with Crippen LogP contribution in [0.2, 0.25) is 0 Å². The molecule has 15 heavy (non-hydrogen) atoms. The van der Waals surface area contributed by atoms with E-state index in [9.17, 15) is 0 Å². The van der Waals surface area contributed by atoms with Crippen molar-refractivity contribution in [1.29, 1.82) is 0 Å².